The highest BCUT2D eigenvalue weighted by molar-refractivity contribution is 5.84. The average Bonchev–Trinajstić information content (AvgIpc) is 2.37. The van der Waals surface area contributed by atoms with Crippen molar-refractivity contribution in [3.8, 4) is 0 Å². The molecule has 4 heteroatoms. The monoisotopic (exact) mass is 154 g/mol. The molecule has 0 atom stereocenters. The van der Waals surface area contributed by atoms with Crippen LogP contribution in [0.25, 0.3) is 0 Å². The second-order valence-corrected chi connectivity index (χ2v) is 2.30. The van der Waals surface area contributed by atoms with Crippen LogP contribution < -0.4 is 0 Å². The number of hydrogen-bond donors (Lipinski definition) is 1. The summed E-state index contributed by atoms with van der Waals surface area (Å²) in [6.45, 7) is 2.85. The highest BCUT2D eigenvalue weighted by atomic mass is 16.4. The van der Waals surface area contributed by atoms with Crippen LogP contribution in [0.3, 0.4) is 0 Å². The molecule has 1 N–H and O–H groups in total. The molecule has 0 bridgehead atoms. The Bertz CT molecular complexity index is 255. The molecule has 1 heterocycles. The van der Waals surface area contributed by atoms with Crippen molar-refractivity contribution in [2.24, 2.45) is 0 Å². The Hall–Kier alpha value is -1.32. The zero-order valence-electron chi connectivity index (χ0n) is 6.32. The van der Waals surface area contributed by atoms with Gasteiger partial charge in [-0.1, -0.05) is 6.92 Å². The smallest absolute Gasteiger partial charge is 0.356 e. The summed E-state index contributed by atoms with van der Waals surface area (Å²) in [6.07, 6.45) is 4.05. The van der Waals surface area contributed by atoms with Crippen molar-refractivity contribution in [3.05, 3.63) is 18.2 Å². The lowest BCUT2D eigenvalue weighted by Gasteiger charge is -1.93. The third-order valence-corrected chi connectivity index (χ3v) is 1.33. The Labute approximate surface area is 64.5 Å². The number of nitrogens with zero attached hydrogens (tertiary/aromatic N) is 2. The van der Waals surface area contributed by atoms with E-state index in [0.29, 0.717) is 0 Å². The van der Waals surface area contributed by atoms with E-state index in [9.17, 15) is 4.79 Å². The Morgan fingerprint density at radius 1 is 1.82 bits per heavy atom. The molecule has 4 nitrogen and oxygen atoms in total. The van der Waals surface area contributed by atoms with E-state index in [0.717, 1.165) is 13.0 Å². The van der Waals surface area contributed by atoms with E-state index in [1.165, 1.54) is 12.5 Å². The highest BCUT2D eigenvalue weighted by Crippen LogP contribution is 1.96. The molecule has 0 fully saturated rings. The number of hydrogen-bond acceptors (Lipinski definition) is 2. The lowest BCUT2D eigenvalue weighted by atomic mass is 10.4. The number of rotatable bonds is 3. The van der Waals surface area contributed by atoms with Crippen LogP contribution in [0.2, 0.25) is 0 Å². The maximum atomic E-state index is 10.3. The summed E-state index contributed by atoms with van der Waals surface area (Å²) in [4.78, 5) is 14.0. The highest BCUT2D eigenvalue weighted by Gasteiger charge is 2.04. The Morgan fingerprint density at radius 2 is 2.55 bits per heavy atom. The summed E-state index contributed by atoms with van der Waals surface area (Å²) < 4.78 is 1.77. The predicted octanol–water partition coefficient (Wildman–Crippen LogP) is 0.991. The van der Waals surface area contributed by atoms with Gasteiger partial charge in [0.1, 0.15) is 0 Å². The minimum atomic E-state index is -0.972. The van der Waals surface area contributed by atoms with Crippen molar-refractivity contribution in [2.45, 2.75) is 19.9 Å². The van der Waals surface area contributed by atoms with Gasteiger partial charge in [0.15, 0.2) is 5.69 Å². The lowest BCUT2D eigenvalue weighted by Crippen LogP contribution is -1.96. The molecule has 60 valence electrons. The fourth-order valence-electron chi connectivity index (χ4n) is 0.851. The maximum absolute atomic E-state index is 10.3. The number of aromatic carboxylic acids is 1. The fourth-order valence-corrected chi connectivity index (χ4v) is 0.851. The maximum Gasteiger partial charge on any atom is 0.356 e. The van der Waals surface area contributed by atoms with Crippen LogP contribution in [0, 0.1) is 0 Å². The van der Waals surface area contributed by atoms with Crippen molar-refractivity contribution in [3.63, 3.8) is 0 Å². The first kappa shape index (κ1) is 7.78. The van der Waals surface area contributed by atoms with Crippen molar-refractivity contribution >= 4 is 5.97 Å². The van der Waals surface area contributed by atoms with Crippen LogP contribution in [-0.2, 0) is 6.54 Å². The third-order valence-electron chi connectivity index (χ3n) is 1.33. The number of aromatic nitrogens is 2. The predicted molar refractivity (Wildman–Crippen MR) is 39.5 cm³/mol. The summed E-state index contributed by atoms with van der Waals surface area (Å²) in [6, 6.07) is 0. The topological polar surface area (TPSA) is 55.1 Å². The third kappa shape index (κ3) is 1.80. The molecule has 1 aromatic rings. The van der Waals surface area contributed by atoms with Gasteiger partial charge in [-0.25, -0.2) is 9.78 Å². The van der Waals surface area contributed by atoms with E-state index in [4.69, 9.17) is 5.11 Å². The minimum absolute atomic E-state index is 0.110. The van der Waals surface area contributed by atoms with Crippen molar-refractivity contribution in [2.75, 3.05) is 0 Å². The van der Waals surface area contributed by atoms with Gasteiger partial charge in [0.05, 0.1) is 6.33 Å². The summed E-state index contributed by atoms with van der Waals surface area (Å²) in [7, 11) is 0. The molecule has 0 aliphatic carbocycles. The summed E-state index contributed by atoms with van der Waals surface area (Å²) in [5, 5.41) is 8.49. The van der Waals surface area contributed by atoms with Gasteiger partial charge in [-0.15, -0.1) is 0 Å². The van der Waals surface area contributed by atoms with Crippen LogP contribution in [0.5, 0.6) is 0 Å². The van der Waals surface area contributed by atoms with E-state index >= 15 is 0 Å². The van der Waals surface area contributed by atoms with Gasteiger partial charge in [-0.3, -0.25) is 0 Å². The summed E-state index contributed by atoms with van der Waals surface area (Å²) >= 11 is 0. The minimum Gasteiger partial charge on any atom is -0.476 e. The van der Waals surface area contributed by atoms with Crippen LogP contribution in [-0.4, -0.2) is 20.6 Å². The number of carboxylic acid groups (broad SMARTS) is 1. The first-order valence-electron chi connectivity index (χ1n) is 3.49. The largest absolute Gasteiger partial charge is 0.476 e. The molecule has 11 heavy (non-hydrogen) atoms. The molecular weight excluding hydrogens is 144 g/mol. The lowest BCUT2D eigenvalue weighted by molar-refractivity contribution is 0.0691. The van der Waals surface area contributed by atoms with Gasteiger partial charge in [0.25, 0.3) is 0 Å². The normalized spacial score (nSPS) is 9.91. The molecule has 0 aliphatic heterocycles. The van der Waals surface area contributed by atoms with Crippen molar-refractivity contribution < 1.29 is 9.90 Å². The molecule has 0 unspecified atom stereocenters. The standard InChI is InChI=1S/C7H10N2O2/c1-2-3-9-4-6(7(10)11)8-5-9/h4-5H,2-3H2,1H3,(H,10,11). The molecule has 1 aromatic heterocycles. The van der Waals surface area contributed by atoms with E-state index < -0.39 is 5.97 Å². The summed E-state index contributed by atoms with van der Waals surface area (Å²) in [5.74, 6) is -0.972. The van der Waals surface area contributed by atoms with E-state index in [1.807, 2.05) is 6.92 Å². The van der Waals surface area contributed by atoms with E-state index in [1.54, 1.807) is 4.57 Å². The number of carboxylic acids is 1. The molecule has 0 amide bonds. The summed E-state index contributed by atoms with van der Waals surface area (Å²) in [5.41, 5.74) is 0.110. The van der Waals surface area contributed by atoms with Crippen LogP contribution in [0.1, 0.15) is 23.8 Å². The van der Waals surface area contributed by atoms with Gasteiger partial charge >= 0.3 is 5.97 Å². The van der Waals surface area contributed by atoms with Crippen LogP contribution in [0.4, 0.5) is 0 Å². The average molecular weight is 154 g/mol. The molecular formula is C7H10N2O2. The Balaban J connectivity index is 2.73. The van der Waals surface area contributed by atoms with Gasteiger partial charge in [0, 0.05) is 12.7 Å². The molecule has 0 radical (unpaired) electrons. The first-order valence-corrected chi connectivity index (χ1v) is 3.49. The van der Waals surface area contributed by atoms with E-state index in [-0.39, 0.29) is 5.69 Å². The Morgan fingerprint density at radius 3 is 3.00 bits per heavy atom. The van der Waals surface area contributed by atoms with Crippen molar-refractivity contribution in [1.29, 1.82) is 0 Å². The van der Waals surface area contributed by atoms with Crippen LogP contribution in [0.15, 0.2) is 12.5 Å². The SMILES string of the molecule is CCCn1cnc(C(=O)O)c1. The zero-order chi connectivity index (χ0) is 8.27. The van der Waals surface area contributed by atoms with Gasteiger partial charge in [-0.2, -0.15) is 0 Å². The number of imidazole rings is 1. The van der Waals surface area contributed by atoms with Crippen LogP contribution >= 0.6 is 0 Å². The molecule has 0 saturated heterocycles. The molecule has 1 rings (SSSR count). The van der Waals surface area contributed by atoms with Gasteiger partial charge in [-0.05, 0) is 6.42 Å². The number of aryl methyl sites for hydroxylation is 1. The Kier molecular flexibility index (Phi) is 2.25. The van der Waals surface area contributed by atoms with Gasteiger partial charge < -0.3 is 9.67 Å². The molecule has 0 aliphatic rings. The fraction of sp³-hybridized carbons (Fsp3) is 0.429. The molecule has 0 aromatic carbocycles. The zero-order valence-corrected chi connectivity index (χ0v) is 6.32. The molecule has 0 spiro atoms. The van der Waals surface area contributed by atoms with Crippen molar-refractivity contribution in [1.82, 2.24) is 9.55 Å². The second kappa shape index (κ2) is 3.18. The number of carbonyl (C=O) groups is 1. The van der Waals surface area contributed by atoms with Gasteiger partial charge in [0.2, 0.25) is 0 Å². The quantitative estimate of drug-likeness (QED) is 0.706. The second-order valence-electron chi connectivity index (χ2n) is 2.30. The first-order chi connectivity index (χ1) is 5.24. The molecule has 0 saturated carbocycles. The van der Waals surface area contributed by atoms with E-state index in [2.05, 4.69) is 4.98 Å².